The van der Waals surface area contributed by atoms with E-state index < -0.39 is 0 Å². The van der Waals surface area contributed by atoms with E-state index in [2.05, 4.69) is 12.2 Å². The highest BCUT2D eigenvalue weighted by Crippen LogP contribution is 2.23. The molecule has 0 fully saturated rings. The molecule has 0 spiro atoms. The smallest absolute Gasteiger partial charge is 0.265 e. The van der Waals surface area contributed by atoms with E-state index in [-0.39, 0.29) is 5.91 Å². The van der Waals surface area contributed by atoms with Gasteiger partial charge in [-0.05, 0) is 61.5 Å². The van der Waals surface area contributed by atoms with Gasteiger partial charge in [-0.3, -0.25) is 4.79 Å². The second kappa shape index (κ2) is 8.69. The van der Waals surface area contributed by atoms with Gasteiger partial charge >= 0.3 is 0 Å². The first kappa shape index (κ1) is 18.9. The van der Waals surface area contributed by atoms with E-state index >= 15 is 0 Å². The van der Waals surface area contributed by atoms with Gasteiger partial charge in [0.15, 0.2) is 0 Å². The van der Waals surface area contributed by atoms with Crippen molar-refractivity contribution in [2.24, 2.45) is 0 Å². The van der Waals surface area contributed by atoms with E-state index in [0.29, 0.717) is 11.5 Å². The molecule has 138 valence electrons. The van der Waals surface area contributed by atoms with Crippen LogP contribution in [0.5, 0.6) is 5.75 Å². The number of para-hydroxylation sites is 1. The van der Waals surface area contributed by atoms with Gasteiger partial charge in [-0.2, -0.15) is 0 Å². The van der Waals surface area contributed by atoms with Crippen LogP contribution in [0.2, 0.25) is 0 Å². The molecule has 0 saturated carbocycles. The summed E-state index contributed by atoms with van der Waals surface area (Å²) in [4.78, 5) is 13.2. The Hall–Kier alpha value is -2.85. The number of anilines is 1. The Morgan fingerprint density at radius 1 is 1.11 bits per heavy atom. The van der Waals surface area contributed by atoms with Crippen molar-refractivity contribution in [1.29, 1.82) is 0 Å². The fraction of sp³-hybridized carbons (Fsp3) is 0.174. The first-order chi connectivity index (χ1) is 13.1. The lowest BCUT2D eigenvalue weighted by Gasteiger charge is -2.08. The van der Waals surface area contributed by atoms with Crippen molar-refractivity contribution >= 4 is 29.0 Å². The van der Waals surface area contributed by atoms with Gasteiger partial charge in [0, 0.05) is 16.8 Å². The summed E-state index contributed by atoms with van der Waals surface area (Å²) in [6, 6.07) is 15.7. The third kappa shape index (κ3) is 4.86. The van der Waals surface area contributed by atoms with Crippen molar-refractivity contribution in [2.45, 2.75) is 27.4 Å². The zero-order chi connectivity index (χ0) is 19.2. The van der Waals surface area contributed by atoms with E-state index in [1.165, 1.54) is 16.9 Å². The van der Waals surface area contributed by atoms with Crippen molar-refractivity contribution in [3.05, 3.63) is 87.1 Å². The Morgan fingerprint density at radius 3 is 2.70 bits per heavy atom. The summed E-state index contributed by atoms with van der Waals surface area (Å²) in [5.41, 5.74) is 5.22. The van der Waals surface area contributed by atoms with Crippen molar-refractivity contribution in [3.8, 4) is 5.75 Å². The first-order valence-corrected chi connectivity index (χ1v) is 9.75. The number of allylic oxidation sites excluding steroid dienone is 1. The van der Waals surface area contributed by atoms with Crippen LogP contribution in [0.15, 0.2) is 60.0 Å². The maximum Gasteiger partial charge on any atom is 0.265 e. The normalized spacial score (nSPS) is 10.9. The second-order valence-corrected chi connectivity index (χ2v) is 7.31. The fourth-order valence-electron chi connectivity index (χ4n) is 2.67. The van der Waals surface area contributed by atoms with Crippen LogP contribution in [0, 0.1) is 13.8 Å². The van der Waals surface area contributed by atoms with Crippen LogP contribution in [-0.2, 0) is 6.61 Å². The van der Waals surface area contributed by atoms with Gasteiger partial charge < -0.3 is 10.1 Å². The molecule has 0 atom stereocenters. The molecule has 0 bridgehead atoms. The van der Waals surface area contributed by atoms with Crippen molar-refractivity contribution in [2.75, 3.05) is 5.32 Å². The van der Waals surface area contributed by atoms with Crippen LogP contribution in [0.3, 0.4) is 0 Å². The molecule has 1 aromatic heterocycles. The zero-order valence-electron chi connectivity index (χ0n) is 15.8. The van der Waals surface area contributed by atoms with Crippen LogP contribution < -0.4 is 10.1 Å². The lowest BCUT2D eigenvalue weighted by atomic mass is 10.1. The van der Waals surface area contributed by atoms with Crippen LogP contribution in [0.1, 0.15) is 38.8 Å². The molecule has 3 nitrogen and oxygen atoms in total. The average molecular weight is 378 g/mol. The maximum absolute atomic E-state index is 12.5. The van der Waals surface area contributed by atoms with Gasteiger partial charge in [0.1, 0.15) is 12.4 Å². The van der Waals surface area contributed by atoms with Crippen LogP contribution in [-0.4, -0.2) is 5.91 Å². The minimum atomic E-state index is -0.0937. The van der Waals surface area contributed by atoms with E-state index in [4.69, 9.17) is 4.74 Å². The molecule has 4 heteroatoms. The van der Waals surface area contributed by atoms with E-state index in [1.807, 2.05) is 79.9 Å². The summed E-state index contributed by atoms with van der Waals surface area (Å²) in [6.45, 7) is 6.51. The molecule has 0 aliphatic heterocycles. The van der Waals surface area contributed by atoms with Crippen molar-refractivity contribution in [3.63, 3.8) is 0 Å². The molecular formula is C23H23NO2S. The number of hydrogen-bond acceptors (Lipinski definition) is 3. The number of rotatable bonds is 6. The molecule has 0 unspecified atom stereocenters. The fourth-order valence-corrected chi connectivity index (χ4v) is 3.46. The second-order valence-electron chi connectivity index (χ2n) is 6.40. The van der Waals surface area contributed by atoms with E-state index in [9.17, 15) is 4.79 Å². The molecular weight excluding hydrogens is 354 g/mol. The molecule has 3 aromatic rings. The summed E-state index contributed by atoms with van der Waals surface area (Å²) in [5, 5.41) is 4.93. The predicted octanol–water partition coefficient (Wildman–Crippen LogP) is 6.23. The minimum absolute atomic E-state index is 0.0937. The van der Waals surface area contributed by atoms with E-state index in [0.717, 1.165) is 28.1 Å². The lowest BCUT2D eigenvalue weighted by molar-refractivity contribution is 0.103. The molecule has 0 aliphatic rings. The number of hydrogen-bond donors (Lipinski definition) is 1. The number of aryl methyl sites for hydroxylation is 2. The third-order valence-corrected chi connectivity index (χ3v) is 5.28. The largest absolute Gasteiger partial charge is 0.488 e. The topological polar surface area (TPSA) is 38.3 Å². The van der Waals surface area contributed by atoms with E-state index in [1.54, 1.807) is 0 Å². The van der Waals surface area contributed by atoms with Gasteiger partial charge in [0.05, 0.1) is 4.88 Å². The van der Waals surface area contributed by atoms with Gasteiger partial charge in [0.2, 0.25) is 0 Å². The molecule has 0 aliphatic carbocycles. The minimum Gasteiger partial charge on any atom is -0.488 e. The molecule has 1 N–H and O–H groups in total. The quantitative estimate of drug-likeness (QED) is 0.553. The highest BCUT2D eigenvalue weighted by atomic mass is 32.1. The Balaban J connectivity index is 1.64. The van der Waals surface area contributed by atoms with Crippen LogP contribution in [0.4, 0.5) is 5.69 Å². The number of nitrogens with one attached hydrogen (secondary N) is 1. The highest BCUT2D eigenvalue weighted by Gasteiger charge is 2.11. The van der Waals surface area contributed by atoms with Crippen molar-refractivity contribution in [1.82, 2.24) is 0 Å². The Labute approximate surface area is 164 Å². The van der Waals surface area contributed by atoms with Crippen LogP contribution in [0.25, 0.3) is 6.08 Å². The average Bonchev–Trinajstić information content (AvgIpc) is 3.13. The maximum atomic E-state index is 12.5. The predicted molar refractivity (Wildman–Crippen MR) is 114 cm³/mol. The zero-order valence-corrected chi connectivity index (χ0v) is 16.6. The van der Waals surface area contributed by atoms with Gasteiger partial charge in [-0.1, -0.05) is 36.4 Å². The monoisotopic (exact) mass is 377 g/mol. The molecule has 27 heavy (non-hydrogen) atoms. The molecule has 3 rings (SSSR count). The number of ether oxygens (including phenoxy) is 1. The number of benzene rings is 2. The number of carbonyl (C=O) groups is 1. The Kier molecular flexibility index (Phi) is 6.09. The third-order valence-electron chi connectivity index (χ3n) is 4.30. The standard InChI is InChI=1S/C23H23NO2S/c1-4-7-19-8-5-6-9-21(19)26-14-18-13-22(27-15-18)23(25)24-20-11-10-16(2)17(3)12-20/h4-13,15H,14H2,1-3H3,(H,24,25)/b7-4+. The number of carbonyl (C=O) groups excluding carboxylic acids is 1. The summed E-state index contributed by atoms with van der Waals surface area (Å²) < 4.78 is 5.94. The molecule has 2 aromatic carbocycles. The molecule has 0 radical (unpaired) electrons. The molecule has 1 amide bonds. The lowest BCUT2D eigenvalue weighted by Crippen LogP contribution is -2.10. The Bertz CT molecular complexity index is 972. The summed E-state index contributed by atoms with van der Waals surface area (Å²) in [7, 11) is 0. The number of amides is 1. The Morgan fingerprint density at radius 2 is 1.93 bits per heavy atom. The van der Waals surface area contributed by atoms with Crippen molar-refractivity contribution < 1.29 is 9.53 Å². The van der Waals surface area contributed by atoms with Gasteiger partial charge in [-0.15, -0.1) is 11.3 Å². The highest BCUT2D eigenvalue weighted by molar-refractivity contribution is 7.12. The summed E-state index contributed by atoms with van der Waals surface area (Å²) in [5.74, 6) is 0.742. The number of thiophene rings is 1. The SMILES string of the molecule is C/C=C/c1ccccc1OCc1csc(C(=O)Nc2ccc(C)c(C)c2)c1. The first-order valence-electron chi connectivity index (χ1n) is 8.87. The summed E-state index contributed by atoms with van der Waals surface area (Å²) in [6.07, 6.45) is 4.01. The van der Waals surface area contributed by atoms with Gasteiger partial charge in [-0.25, -0.2) is 0 Å². The van der Waals surface area contributed by atoms with Gasteiger partial charge in [0.25, 0.3) is 5.91 Å². The summed E-state index contributed by atoms with van der Waals surface area (Å²) >= 11 is 1.43. The van der Waals surface area contributed by atoms with Crippen LogP contribution >= 0.6 is 11.3 Å². The molecule has 0 saturated heterocycles. The molecule has 1 heterocycles.